The Labute approximate surface area is 144 Å². The van der Waals surface area contributed by atoms with E-state index >= 15 is 0 Å². The van der Waals surface area contributed by atoms with Crippen LogP contribution in [0, 0.1) is 27.7 Å². The van der Waals surface area contributed by atoms with E-state index in [0.717, 1.165) is 22.3 Å². The molecule has 2 aromatic carbocycles. The summed E-state index contributed by atoms with van der Waals surface area (Å²) in [6.45, 7) is 9.80. The van der Waals surface area contributed by atoms with Crippen molar-refractivity contribution >= 4 is 10.0 Å². The Kier molecular flexibility index (Phi) is 5.35. The molecule has 0 aliphatic carbocycles. The van der Waals surface area contributed by atoms with Crippen LogP contribution in [0.3, 0.4) is 0 Å². The van der Waals surface area contributed by atoms with Crippen LogP contribution in [0.1, 0.15) is 40.8 Å². The number of aryl methyl sites for hydroxylation is 4. The zero-order valence-electron chi connectivity index (χ0n) is 15.1. The number of hydrogen-bond acceptors (Lipinski definition) is 3. The Morgan fingerprint density at radius 1 is 0.958 bits per heavy atom. The van der Waals surface area contributed by atoms with Crippen LogP contribution in [0.2, 0.25) is 0 Å². The van der Waals surface area contributed by atoms with E-state index in [4.69, 9.17) is 4.74 Å². The molecule has 2 aromatic rings. The number of ether oxygens (including phenoxy) is 1. The van der Waals surface area contributed by atoms with E-state index in [-0.39, 0.29) is 10.9 Å². The lowest BCUT2D eigenvalue weighted by molar-refractivity contribution is 0.402. The van der Waals surface area contributed by atoms with Gasteiger partial charge in [0.25, 0.3) is 0 Å². The van der Waals surface area contributed by atoms with E-state index in [9.17, 15) is 8.42 Å². The first-order valence-electron chi connectivity index (χ1n) is 7.90. The molecular weight excluding hydrogens is 322 g/mol. The second-order valence-corrected chi connectivity index (χ2v) is 7.97. The fraction of sp³-hybridized carbons (Fsp3) is 0.368. The summed E-state index contributed by atoms with van der Waals surface area (Å²) in [6.07, 6.45) is 0. The van der Waals surface area contributed by atoms with Crippen molar-refractivity contribution in [1.29, 1.82) is 0 Å². The van der Waals surface area contributed by atoms with Crippen LogP contribution in [-0.2, 0) is 10.0 Å². The van der Waals surface area contributed by atoms with Crippen molar-refractivity contribution < 1.29 is 13.2 Å². The lowest BCUT2D eigenvalue weighted by atomic mass is 9.97. The van der Waals surface area contributed by atoms with Gasteiger partial charge in [-0.1, -0.05) is 18.2 Å². The van der Waals surface area contributed by atoms with Crippen molar-refractivity contribution in [3.8, 4) is 5.75 Å². The third-order valence-corrected chi connectivity index (χ3v) is 5.85. The fourth-order valence-electron chi connectivity index (χ4n) is 2.80. The van der Waals surface area contributed by atoms with Crippen LogP contribution in [-0.4, -0.2) is 15.5 Å². The molecule has 0 heterocycles. The molecule has 0 unspecified atom stereocenters. The molecular formula is C19H25NO3S. The van der Waals surface area contributed by atoms with E-state index in [0.29, 0.717) is 5.75 Å². The van der Waals surface area contributed by atoms with Crippen molar-refractivity contribution in [2.24, 2.45) is 0 Å². The molecule has 0 aromatic heterocycles. The minimum atomic E-state index is -3.69. The van der Waals surface area contributed by atoms with Gasteiger partial charge in [0.1, 0.15) is 10.6 Å². The molecule has 1 N–H and O–H groups in total. The summed E-state index contributed by atoms with van der Waals surface area (Å²) in [5.74, 6) is 0.345. The first-order valence-corrected chi connectivity index (χ1v) is 9.38. The summed E-state index contributed by atoms with van der Waals surface area (Å²) in [4.78, 5) is 0.165. The average Bonchev–Trinajstić information content (AvgIpc) is 2.50. The second-order valence-electron chi connectivity index (χ2n) is 6.29. The van der Waals surface area contributed by atoms with Gasteiger partial charge >= 0.3 is 0 Å². The Balaban J connectivity index is 2.39. The molecule has 0 bridgehead atoms. The molecule has 2 rings (SSSR count). The van der Waals surface area contributed by atoms with Gasteiger partial charge < -0.3 is 4.74 Å². The molecule has 0 saturated carbocycles. The van der Waals surface area contributed by atoms with Crippen LogP contribution in [0.4, 0.5) is 0 Å². The first-order chi connectivity index (χ1) is 11.2. The number of rotatable bonds is 5. The SMILES string of the molecule is COc1ccc(C)cc1S(=O)(=O)N[C@@H](C)c1cc(C)c(C)cc1C. The molecule has 0 aliphatic rings. The lowest BCUT2D eigenvalue weighted by Crippen LogP contribution is -2.28. The van der Waals surface area contributed by atoms with E-state index in [1.54, 1.807) is 12.1 Å². The maximum Gasteiger partial charge on any atom is 0.244 e. The molecule has 24 heavy (non-hydrogen) atoms. The summed E-state index contributed by atoms with van der Waals surface area (Å²) < 4.78 is 33.6. The van der Waals surface area contributed by atoms with Crippen LogP contribution in [0.5, 0.6) is 5.75 Å². The van der Waals surface area contributed by atoms with Crippen molar-refractivity contribution in [3.05, 3.63) is 58.1 Å². The Morgan fingerprint density at radius 2 is 1.58 bits per heavy atom. The number of benzene rings is 2. The molecule has 4 nitrogen and oxygen atoms in total. The van der Waals surface area contributed by atoms with Gasteiger partial charge in [0.2, 0.25) is 10.0 Å². The third kappa shape index (κ3) is 3.79. The highest BCUT2D eigenvalue weighted by molar-refractivity contribution is 7.89. The number of nitrogens with one attached hydrogen (secondary N) is 1. The minimum Gasteiger partial charge on any atom is -0.495 e. The molecule has 1 atom stereocenters. The zero-order valence-corrected chi connectivity index (χ0v) is 15.9. The van der Waals surface area contributed by atoms with Crippen LogP contribution in [0.25, 0.3) is 0 Å². The minimum absolute atomic E-state index is 0.165. The second kappa shape index (κ2) is 6.95. The first kappa shape index (κ1) is 18.5. The predicted molar refractivity (Wildman–Crippen MR) is 97.1 cm³/mol. The van der Waals surface area contributed by atoms with Gasteiger partial charge in [0.05, 0.1) is 7.11 Å². The number of methoxy groups -OCH3 is 1. The van der Waals surface area contributed by atoms with Gasteiger partial charge in [-0.3, -0.25) is 0 Å². The topological polar surface area (TPSA) is 55.4 Å². The number of hydrogen-bond donors (Lipinski definition) is 1. The Hall–Kier alpha value is -1.85. The summed E-state index contributed by atoms with van der Waals surface area (Å²) in [7, 11) is -2.21. The monoisotopic (exact) mass is 347 g/mol. The molecule has 0 amide bonds. The summed E-state index contributed by atoms with van der Waals surface area (Å²) in [6, 6.07) is 8.93. The standard InChI is InChI=1S/C19H25NO3S/c1-12-7-8-18(23-6)19(9-12)24(21,22)20-16(5)17-11-14(3)13(2)10-15(17)4/h7-11,16,20H,1-6H3/t16-/m0/s1. The van der Waals surface area contributed by atoms with Gasteiger partial charge in [-0.2, -0.15) is 0 Å². The highest BCUT2D eigenvalue weighted by atomic mass is 32.2. The fourth-order valence-corrected chi connectivity index (χ4v) is 4.28. The maximum atomic E-state index is 12.8. The van der Waals surface area contributed by atoms with E-state index in [2.05, 4.69) is 17.7 Å². The lowest BCUT2D eigenvalue weighted by Gasteiger charge is -2.19. The highest BCUT2D eigenvalue weighted by Crippen LogP contribution is 2.28. The predicted octanol–water partition coefficient (Wildman–Crippen LogP) is 3.97. The Bertz CT molecular complexity index is 857. The van der Waals surface area contributed by atoms with Crippen molar-refractivity contribution in [1.82, 2.24) is 4.72 Å². The summed E-state index contributed by atoms with van der Waals surface area (Å²) >= 11 is 0. The van der Waals surface area contributed by atoms with Crippen LogP contribution < -0.4 is 9.46 Å². The van der Waals surface area contributed by atoms with Crippen molar-refractivity contribution in [3.63, 3.8) is 0 Å². The highest BCUT2D eigenvalue weighted by Gasteiger charge is 2.23. The third-order valence-electron chi connectivity index (χ3n) is 4.29. The molecule has 0 fully saturated rings. The smallest absolute Gasteiger partial charge is 0.244 e. The maximum absolute atomic E-state index is 12.8. The molecule has 0 saturated heterocycles. The molecule has 0 radical (unpaired) electrons. The van der Waals surface area contributed by atoms with E-state index in [1.807, 2.05) is 39.8 Å². The molecule has 5 heteroatoms. The summed E-state index contributed by atoms with van der Waals surface area (Å²) in [5, 5.41) is 0. The van der Waals surface area contributed by atoms with Gasteiger partial charge in [0.15, 0.2) is 0 Å². The van der Waals surface area contributed by atoms with Gasteiger partial charge in [-0.15, -0.1) is 0 Å². The van der Waals surface area contributed by atoms with E-state index < -0.39 is 10.0 Å². The van der Waals surface area contributed by atoms with Crippen LogP contribution >= 0.6 is 0 Å². The zero-order chi connectivity index (χ0) is 18.1. The summed E-state index contributed by atoms with van der Waals surface area (Å²) in [5.41, 5.74) is 5.27. The molecule has 0 spiro atoms. The average molecular weight is 347 g/mol. The molecule has 0 aliphatic heterocycles. The van der Waals surface area contributed by atoms with Gasteiger partial charge in [-0.25, -0.2) is 13.1 Å². The quantitative estimate of drug-likeness (QED) is 0.890. The van der Waals surface area contributed by atoms with E-state index in [1.165, 1.54) is 12.7 Å². The normalized spacial score (nSPS) is 12.9. The molecule has 130 valence electrons. The van der Waals surface area contributed by atoms with Crippen molar-refractivity contribution in [2.45, 2.75) is 45.6 Å². The number of sulfonamides is 1. The van der Waals surface area contributed by atoms with Crippen LogP contribution in [0.15, 0.2) is 35.2 Å². The Morgan fingerprint density at radius 3 is 2.21 bits per heavy atom. The van der Waals surface area contributed by atoms with Crippen molar-refractivity contribution in [2.75, 3.05) is 7.11 Å². The van der Waals surface area contributed by atoms with Gasteiger partial charge in [-0.05, 0) is 74.6 Å². The largest absolute Gasteiger partial charge is 0.495 e. The van der Waals surface area contributed by atoms with Gasteiger partial charge in [0, 0.05) is 6.04 Å².